The highest BCUT2D eigenvalue weighted by atomic mass is 16.7. The Kier molecular flexibility index (Phi) is 2.05. The van der Waals surface area contributed by atoms with Crippen LogP contribution in [0.5, 0.6) is 0 Å². The van der Waals surface area contributed by atoms with Crippen molar-refractivity contribution in [2.75, 3.05) is 6.54 Å². The van der Waals surface area contributed by atoms with E-state index in [2.05, 4.69) is 12.4 Å². The second-order valence-electron chi connectivity index (χ2n) is 2.63. The molecule has 1 rings (SSSR count). The molecule has 0 amide bonds. The van der Waals surface area contributed by atoms with Gasteiger partial charge < -0.3 is 5.73 Å². The molecule has 54 valence electrons. The van der Waals surface area contributed by atoms with Gasteiger partial charge in [0.2, 0.25) is 0 Å². The second-order valence-corrected chi connectivity index (χ2v) is 2.63. The minimum atomic E-state index is 0.269. The molecular formula is C6H14N2O. The first-order valence-electron chi connectivity index (χ1n) is 3.37. The maximum absolute atomic E-state index is 5.49. The average molecular weight is 130 g/mol. The molecule has 0 radical (unpaired) electrons. The van der Waals surface area contributed by atoms with Gasteiger partial charge in [-0.15, -0.1) is 0 Å². The van der Waals surface area contributed by atoms with E-state index in [0.29, 0.717) is 18.5 Å². The van der Waals surface area contributed by atoms with Crippen molar-refractivity contribution < 1.29 is 4.84 Å². The first-order chi connectivity index (χ1) is 4.25. The molecule has 3 heteroatoms. The molecule has 3 unspecified atom stereocenters. The number of nitrogens with two attached hydrogens (primary N) is 1. The van der Waals surface area contributed by atoms with Gasteiger partial charge in [-0.3, -0.25) is 4.84 Å². The lowest BCUT2D eigenvalue weighted by Crippen LogP contribution is -2.30. The highest BCUT2D eigenvalue weighted by molar-refractivity contribution is 4.80. The van der Waals surface area contributed by atoms with Gasteiger partial charge >= 0.3 is 0 Å². The molecule has 1 heterocycles. The summed E-state index contributed by atoms with van der Waals surface area (Å²) in [6, 6.07) is 0.407. The molecule has 3 nitrogen and oxygen atoms in total. The van der Waals surface area contributed by atoms with E-state index in [1.807, 2.05) is 6.92 Å². The van der Waals surface area contributed by atoms with Crippen LogP contribution < -0.4 is 11.2 Å². The third kappa shape index (κ3) is 1.23. The topological polar surface area (TPSA) is 47.3 Å². The quantitative estimate of drug-likeness (QED) is 0.520. The highest BCUT2D eigenvalue weighted by Gasteiger charge is 2.29. The van der Waals surface area contributed by atoms with Gasteiger partial charge in [0.25, 0.3) is 0 Å². The van der Waals surface area contributed by atoms with Crippen LogP contribution in [0, 0.1) is 5.92 Å². The molecule has 9 heavy (non-hydrogen) atoms. The van der Waals surface area contributed by atoms with Crippen molar-refractivity contribution in [1.29, 1.82) is 0 Å². The molecule has 1 fully saturated rings. The monoisotopic (exact) mass is 130 g/mol. The van der Waals surface area contributed by atoms with Crippen LogP contribution in [0.4, 0.5) is 0 Å². The zero-order valence-corrected chi connectivity index (χ0v) is 5.92. The van der Waals surface area contributed by atoms with Crippen molar-refractivity contribution in [3.8, 4) is 0 Å². The van der Waals surface area contributed by atoms with E-state index < -0.39 is 0 Å². The SMILES string of the molecule is CC1NOC(C)C1CN. The molecule has 0 aromatic carbocycles. The molecule has 0 aliphatic carbocycles. The van der Waals surface area contributed by atoms with E-state index in [9.17, 15) is 0 Å². The van der Waals surface area contributed by atoms with Crippen molar-refractivity contribution in [3.05, 3.63) is 0 Å². The summed E-state index contributed by atoms with van der Waals surface area (Å²) >= 11 is 0. The number of hydrogen-bond acceptors (Lipinski definition) is 3. The van der Waals surface area contributed by atoms with E-state index in [1.54, 1.807) is 0 Å². The lowest BCUT2D eigenvalue weighted by atomic mass is 9.98. The van der Waals surface area contributed by atoms with Gasteiger partial charge in [-0.25, -0.2) is 0 Å². The van der Waals surface area contributed by atoms with Crippen LogP contribution in [0.15, 0.2) is 0 Å². The Morgan fingerprint density at radius 3 is 2.44 bits per heavy atom. The van der Waals surface area contributed by atoms with Gasteiger partial charge in [0.1, 0.15) is 0 Å². The molecule has 0 aromatic rings. The van der Waals surface area contributed by atoms with Crippen molar-refractivity contribution >= 4 is 0 Å². The van der Waals surface area contributed by atoms with E-state index >= 15 is 0 Å². The zero-order valence-electron chi connectivity index (χ0n) is 5.92. The van der Waals surface area contributed by atoms with Crippen molar-refractivity contribution in [2.45, 2.75) is 26.0 Å². The van der Waals surface area contributed by atoms with Crippen molar-refractivity contribution in [3.63, 3.8) is 0 Å². The normalized spacial score (nSPS) is 43.7. The summed E-state index contributed by atoms with van der Waals surface area (Å²) in [6.07, 6.45) is 0.269. The maximum atomic E-state index is 5.49. The summed E-state index contributed by atoms with van der Waals surface area (Å²) in [5.41, 5.74) is 8.38. The fourth-order valence-corrected chi connectivity index (χ4v) is 1.19. The predicted molar refractivity (Wildman–Crippen MR) is 35.7 cm³/mol. The van der Waals surface area contributed by atoms with Crippen LogP contribution in [0.25, 0.3) is 0 Å². The van der Waals surface area contributed by atoms with Crippen molar-refractivity contribution in [2.24, 2.45) is 11.7 Å². The molecule has 0 saturated carbocycles. The Morgan fingerprint density at radius 2 is 2.22 bits per heavy atom. The van der Waals surface area contributed by atoms with E-state index in [4.69, 9.17) is 10.6 Å². The molecule has 0 aromatic heterocycles. The number of hydrogen-bond donors (Lipinski definition) is 2. The Labute approximate surface area is 55.5 Å². The first-order valence-corrected chi connectivity index (χ1v) is 3.37. The third-order valence-electron chi connectivity index (χ3n) is 1.96. The van der Waals surface area contributed by atoms with Gasteiger partial charge in [-0.2, -0.15) is 5.48 Å². The Bertz CT molecular complexity index is 87.1. The minimum absolute atomic E-state index is 0.269. The Hall–Kier alpha value is -0.120. The van der Waals surface area contributed by atoms with E-state index in [1.165, 1.54) is 0 Å². The van der Waals surface area contributed by atoms with Crippen LogP contribution >= 0.6 is 0 Å². The largest absolute Gasteiger partial charge is 0.330 e. The summed E-state index contributed by atoms with van der Waals surface area (Å²) in [5.74, 6) is 0.477. The first kappa shape index (κ1) is 6.99. The molecule has 1 aliphatic heterocycles. The van der Waals surface area contributed by atoms with Crippen LogP contribution in [-0.4, -0.2) is 18.7 Å². The molecule has 3 N–H and O–H groups in total. The second kappa shape index (κ2) is 2.64. The standard InChI is InChI=1S/C6H14N2O/c1-4-6(3-7)5(2)9-8-4/h4-6,8H,3,7H2,1-2H3. The van der Waals surface area contributed by atoms with Gasteiger partial charge in [0.15, 0.2) is 0 Å². The minimum Gasteiger partial charge on any atom is -0.330 e. The lowest BCUT2D eigenvalue weighted by molar-refractivity contribution is 0.0312. The van der Waals surface area contributed by atoms with E-state index in [-0.39, 0.29) is 6.10 Å². The number of rotatable bonds is 1. The third-order valence-corrected chi connectivity index (χ3v) is 1.96. The maximum Gasteiger partial charge on any atom is 0.0818 e. The molecule has 1 aliphatic rings. The van der Waals surface area contributed by atoms with Gasteiger partial charge in [0, 0.05) is 12.0 Å². The average Bonchev–Trinajstić information content (AvgIpc) is 2.12. The lowest BCUT2D eigenvalue weighted by Gasteiger charge is -2.11. The molecule has 0 spiro atoms. The summed E-state index contributed by atoms with van der Waals surface area (Å²) in [4.78, 5) is 5.14. The summed E-state index contributed by atoms with van der Waals surface area (Å²) in [7, 11) is 0. The summed E-state index contributed by atoms with van der Waals surface area (Å²) in [5, 5.41) is 0. The number of hydroxylamine groups is 1. The van der Waals surface area contributed by atoms with Gasteiger partial charge in [-0.1, -0.05) is 0 Å². The van der Waals surface area contributed by atoms with Gasteiger partial charge in [-0.05, 0) is 20.4 Å². The predicted octanol–water partition coefficient (Wildman–Crippen LogP) is -0.127. The summed E-state index contributed by atoms with van der Waals surface area (Å²) < 4.78 is 0. The zero-order chi connectivity index (χ0) is 6.85. The fourth-order valence-electron chi connectivity index (χ4n) is 1.19. The highest BCUT2D eigenvalue weighted by Crippen LogP contribution is 2.16. The number of nitrogens with one attached hydrogen (secondary N) is 1. The Morgan fingerprint density at radius 1 is 1.56 bits per heavy atom. The molecule has 3 atom stereocenters. The molecule has 0 bridgehead atoms. The van der Waals surface area contributed by atoms with Crippen LogP contribution in [-0.2, 0) is 4.84 Å². The van der Waals surface area contributed by atoms with E-state index in [0.717, 1.165) is 0 Å². The molecular weight excluding hydrogens is 116 g/mol. The van der Waals surface area contributed by atoms with Crippen LogP contribution in [0.1, 0.15) is 13.8 Å². The smallest absolute Gasteiger partial charge is 0.0818 e. The van der Waals surface area contributed by atoms with Crippen molar-refractivity contribution in [1.82, 2.24) is 5.48 Å². The van der Waals surface area contributed by atoms with Gasteiger partial charge in [0.05, 0.1) is 6.10 Å². The van der Waals surface area contributed by atoms with Crippen LogP contribution in [0.3, 0.4) is 0 Å². The molecule has 1 saturated heterocycles. The fraction of sp³-hybridized carbons (Fsp3) is 1.00. The summed E-state index contributed by atoms with van der Waals surface area (Å²) in [6.45, 7) is 4.82. The van der Waals surface area contributed by atoms with Crippen LogP contribution in [0.2, 0.25) is 0 Å². The Balaban J connectivity index is 2.44.